The zero-order chi connectivity index (χ0) is 20.8. The molecule has 2 fully saturated rings. The Balaban J connectivity index is 1.68. The molecule has 0 radical (unpaired) electrons. The molecule has 3 rings (SSSR count). The fourth-order valence-corrected chi connectivity index (χ4v) is 4.18. The van der Waals surface area contributed by atoms with Gasteiger partial charge in [-0.25, -0.2) is 4.98 Å². The van der Waals surface area contributed by atoms with Crippen LogP contribution in [0.15, 0.2) is 10.9 Å². The van der Waals surface area contributed by atoms with E-state index in [-0.39, 0.29) is 42.4 Å². The van der Waals surface area contributed by atoms with Crippen LogP contribution in [0.1, 0.15) is 49.0 Å². The maximum absolute atomic E-state index is 12.3. The summed E-state index contributed by atoms with van der Waals surface area (Å²) in [7, 11) is 3.03. The van der Waals surface area contributed by atoms with Gasteiger partial charge in [0.05, 0.1) is 5.69 Å². The molecule has 0 saturated carbocycles. The lowest BCUT2D eigenvalue weighted by Gasteiger charge is -2.33. The predicted molar refractivity (Wildman–Crippen MR) is 106 cm³/mol. The van der Waals surface area contributed by atoms with E-state index >= 15 is 0 Å². The van der Waals surface area contributed by atoms with Gasteiger partial charge in [-0.1, -0.05) is 0 Å². The van der Waals surface area contributed by atoms with Gasteiger partial charge in [-0.2, -0.15) is 0 Å². The summed E-state index contributed by atoms with van der Waals surface area (Å²) in [5, 5.41) is 0. The molecule has 2 saturated heterocycles. The average molecular weight is 406 g/mol. The van der Waals surface area contributed by atoms with E-state index in [2.05, 4.69) is 4.98 Å². The van der Waals surface area contributed by atoms with Gasteiger partial charge in [-0.15, -0.1) is 0 Å². The molecule has 2 amide bonds. The minimum absolute atomic E-state index is 0.0100. The van der Waals surface area contributed by atoms with Crippen molar-refractivity contribution < 1.29 is 19.1 Å². The Kier molecular flexibility index (Phi) is 7.38. The standard InChI is InChI=1S/C20H30N4O5/c1-28-12-18(26)23-8-5-14(6-9-23)20-21-16(10-17(25)22-20)15-4-3-7-24(11-15)19(27)13-29-2/h10,14-15H,3-9,11-13H2,1-2H3,(H,21,22,25). The minimum atomic E-state index is -0.164. The second-order valence-electron chi connectivity index (χ2n) is 7.76. The van der Waals surface area contributed by atoms with Crippen LogP contribution in [0.3, 0.4) is 0 Å². The van der Waals surface area contributed by atoms with Crippen molar-refractivity contribution in [3.63, 3.8) is 0 Å². The third-order valence-corrected chi connectivity index (χ3v) is 5.74. The summed E-state index contributed by atoms with van der Waals surface area (Å²) in [6.45, 7) is 2.69. The molecule has 0 aromatic carbocycles. The summed E-state index contributed by atoms with van der Waals surface area (Å²) >= 11 is 0. The molecule has 1 atom stereocenters. The average Bonchev–Trinajstić information content (AvgIpc) is 2.74. The highest BCUT2D eigenvalue weighted by Gasteiger charge is 2.28. The zero-order valence-electron chi connectivity index (χ0n) is 17.2. The van der Waals surface area contributed by atoms with Crippen molar-refractivity contribution in [2.75, 3.05) is 53.6 Å². The maximum atomic E-state index is 12.3. The van der Waals surface area contributed by atoms with E-state index in [1.54, 1.807) is 15.9 Å². The number of aromatic nitrogens is 2. The number of nitrogens with zero attached hydrogens (tertiary/aromatic N) is 3. The first-order valence-corrected chi connectivity index (χ1v) is 10.2. The van der Waals surface area contributed by atoms with Crippen LogP contribution in [-0.2, 0) is 19.1 Å². The van der Waals surface area contributed by atoms with Crippen LogP contribution in [0, 0.1) is 0 Å². The van der Waals surface area contributed by atoms with E-state index in [9.17, 15) is 14.4 Å². The van der Waals surface area contributed by atoms with E-state index in [0.717, 1.165) is 31.4 Å². The Bertz CT molecular complexity index is 772. The number of nitrogens with one attached hydrogen (secondary N) is 1. The van der Waals surface area contributed by atoms with Crippen molar-refractivity contribution >= 4 is 11.8 Å². The van der Waals surface area contributed by atoms with Crippen LogP contribution in [-0.4, -0.2) is 85.2 Å². The predicted octanol–water partition coefficient (Wildman–Crippen LogP) is 0.475. The second-order valence-corrected chi connectivity index (χ2v) is 7.76. The molecular formula is C20H30N4O5. The number of hydrogen-bond donors (Lipinski definition) is 1. The largest absolute Gasteiger partial charge is 0.375 e. The van der Waals surface area contributed by atoms with Gasteiger partial charge in [0, 0.05) is 58.3 Å². The monoisotopic (exact) mass is 406 g/mol. The van der Waals surface area contributed by atoms with Crippen LogP contribution in [0.25, 0.3) is 0 Å². The summed E-state index contributed by atoms with van der Waals surface area (Å²) < 4.78 is 9.88. The Morgan fingerprint density at radius 2 is 1.69 bits per heavy atom. The molecule has 1 unspecified atom stereocenters. The number of piperidine rings is 2. The number of hydrogen-bond acceptors (Lipinski definition) is 6. The molecule has 0 bridgehead atoms. The van der Waals surface area contributed by atoms with Crippen molar-refractivity contribution in [3.8, 4) is 0 Å². The number of methoxy groups -OCH3 is 2. The number of ether oxygens (including phenoxy) is 2. The van der Waals surface area contributed by atoms with Gasteiger partial charge in [-0.3, -0.25) is 14.4 Å². The highest BCUT2D eigenvalue weighted by Crippen LogP contribution is 2.28. The molecule has 2 aliphatic rings. The van der Waals surface area contributed by atoms with Gasteiger partial charge in [0.2, 0.25) is 11.8 Å². The van der Waals surface area contributed by atoms with Crippen LogP contribution in [0.2, 0.25) is 0 Å². The molecular weight excluding hydrogens is 376 g/mol. The number of amides is 2. The van der Waals surface area contributed by atoms with Crippen molar-refractivity contribution in [2.45, 2.75) is 37.5 Å². The fraction of sp³-hybridized carbons (Fsp3) is 0.700. The Morgan fingerprint density at radius 3 is 2.34 bits per heavy atom. The summed E-state index contributed by atoms with van der Waals surface area (Å²) in [6.07, 6.45) is 3.29. The molecule has 9 heteroatoms. The molecule has 1 aromatic heterocycles. The number of carbonyl (C=O) groups excluding carboxylic acids is 2. The first-order valence-electron chi connectivity index (χ1n) is 10.2. The first-order chi connectivity index (χ1) is 14.0. The van der Waals surface area contributed by atoms with Crippen LogP contribution in [0.4, 0.5) is 0 Å². The van der Waals surface area contributed by atoms with Gasteiger partial charge in [0.15, 0.2) is 0 Å². The van der Waals surface area contributed by atoms with Gasteiger partial charge in [-0.05, 0) is 25.7 Å². The number of aromatic amines is 1. The molecule has 160 valence electrons. The topological polar surface area (TPSA) is 105 Å². The van der Waals surface area contributed by atoms with Gasteiger partial charge in [0.1, 0.15) is 19.0 Å². The number of rotatable bonds is 6. The van der Waals surface area contributed by atoms with Gasteiger partial charge < -0.3 is 24.3 Å². The minimum Gasteiger partial charge on any atom is -0.375 e. The third kappa shape index (κ3) is 5.42. The Labute approximate surface area is 170 Å². The molecule has 1 N–H and O–H groups in total. The lowest BCUT2D eigenvalue weighted by Crippen LogP contribution is -2.41. The lowest BCUT2D eigenvalue weighted by atomic mass is 9.93. The number of likely N-dealkylation sites (tertiary alicyclic amines) is 2. The number of H-pyrrole nitrogens is 1. The molecule has 1 aromatic rings. The summed E-state index contributed by atoms with van der Waals surface area (Å²) in [5.41, 5.74) is 0.583. The molecule has 2 aliphatic heterocycles. The van der Waals surface area contributed by atoms with Crippen molar-refractivity contribution in [1.82, 2.24) is 19.8 Å². The van der Waals surface area contributed by atoms with Crippen LogP contribution < -0.4 is 5.56 Å². The Morgan fingerprint density at radius 1 is 1.03 bits per heavy atom. The molecule has 29 heavy (non-hydrogen) atoms. The summed E-state index contributed by atoms with van der Waals surface area (Å²) in [6, 6.07) is 1.55. The zero-order valence-corrected chi connectivity index (χ0v) is 17.2. The highest BCUT2D eigenvalue weighted by molar-refractivity contribution is 5.78. The summed E-state index contributed by atoms with van der Waals surface area (Å²) in [4.78, 5) is 47.7. The number of carbonyl (C=O) groups is 2. The van der Waals surface area contributed by atoms with Crippen molar-refractivity contribution in [1.29, 1.82) is 0 Å². The maximum Gasteiger partial charge on any atom is 0.251 e. The highest BCUT2D eigenvalue weighted by atomic mass is 16.5. The molecule has 9 nitrogen and oxygen atoms in total. The molecule has 0 aliphatic carbocycles. The van der Waals surface area contributed by atoms with Gasteiger partial charge in [0.25, 0.3) is 5.56 Å². The quantitative estimate of drug-likeness (QED) is 0.737. The first kappa shape index (κ1) is 21.4. The van der Waals surface area contributed by atoms with E-state index < -0.39 is 0 Å². The smallest absolute Gasteiger partial charge is 0.251 e. The van der Waals surface area contributed by atoms with Gasteiger partial charge >= 0.3 is 0 Å². The third-order valence-electron chi connectivity index (χ3n) is 5.74. The van der Waals surface area contributed by atoms with E-state index in [0.29, 0.717) is 32.0 Å². The summed E-state index contributed by atoms with van der Waals surface area (Å²) in [5.74, 6) is 0.809. The Hall–Kier alpha value is -2.26. The van der Waals surface area contributed by atoms with Crippen LogP contribution >= 0.6 is 0 Å². The SMILES string of the molecule is COCC(=O)N1CCC(c2nc(C3CCCN(C(=O)COC)C3)cc(=O)[nH]2)CC1. The molecule has 3 heterocycles. The fourth-order valence-electron chi connectivity index (χ4n) is 4.18. The van der Waals surface area contributed by atoms with E-state index in [1.165, 1.54) is 14.2 Å². The normalized spacial score (nSPS) is 20.7. The molecule has 0 spiro atoms. The van der Waals surface area contributed by atoms with Crippen LogP contribution in [0.5, 0.6) is 0 Å². The second kappa shape index (κ2) is 9.98. The van der Waals surface area contributed by atoms with Crippen molar-refractivity contribution in [2.24, 2.45) is 0 Å². The van der Waals surface area contributed by atoms with Crippen molar-refractivity contribution in [3.05, 3.63) is 27.9 Å². The van der Waals surface area contributed by atoms with E-state index in [4.69, 9.17) is 14.5 Å². The lowest BCUT2D eigenvalue weighted by molar-refractivity contribution is -0.137. The van der Waals surface area contributed by atoms with E-state index in [1.807, 2.05) is 0 Å².